The zero-order chi connectivity index (χ0) is 17.7. The maximum atomic E-state index is 12.4. The van der Waals surface area contributed by atoms with Crippen molar-refractivity contribution in [3.63, 3.8) is 0 Å². The number of aromatic nitrogens is 2. The van der Waals surface area contributed by atoms with Gasteiger partial charge in [0.2, 0.25) is 11.8 Å². The molecule has 1 N–H and O–H groups in total. The van der Waals surface area contributed by atoms with Crippen LogP contribution in [0.3, 0.4) is 0 Å². The lowest BCUT2D eigenvalue weighted by atomic mass is 9.95. The van der Waals surface area contributed by atoms with E-state index in [4.69, 9.17) is 4.52 Å². The van der Waals surface area contributed by atoms with E-state index in [2.05, 4.69) is 15.5 Å². The van der Waals surface area contributed by atoms with Crippen LogP contribution in [-0.4, -0.2) is 46.8 Å². The van der Waals surface area contributed by atoms with Gasteiger partial charge in [0.15, 0.2) is 5.82 Å². The molecule has 1 aromatic heterocycles. The highest BCUT2D eigenvalue weighted by molar-refractivity contribution is 5.78. The molecule has 0 aromatic carbocycles. The van der Waals surface area contributed by atoms with E-state index in [1.54, 1.807) is 6.92 Å². The number of carbonyl (C=O) groups is 1. The van der Waals surface area contributed by atoms with Crippen LogP contribution in [0.1, 0.15) is 56.8 Å². The van der Waals surface area contributed by atoms with Gasteiger partial charge in [0.1, 0.15) is 0 Å². The van der Waals surface area contributed by atoms with E-state index < -0.39 is 18.8 Å². The summed E-state index contributed by atoms with van der Waals surface area (Å²) >= 11 is 0. The Kier molecular flexibility index (Phi) is 6.20. The second-order valence-electron chi connectivity index (χ2n) is 6.33. The summed E-state index contributed by atoms with van der Waals surface area (Å²) in [7, 11) is 1.33. The van der Waals surface area contributed by atoms with Crippen LogP contribution in [0.4, 0.5) is 13.2 Å². The lowest BCUT2D eigenvalue weighted by Gasteiger charge is -2.22. The number of hydrogen-bond donors (Lipinski definition) is 1. The molecule has 1 aromatic rings. The maximum absolute atomic E-state index is 12.4. The quantitative estimate of drug-likeness (QED) is 0.856. The Morgan fingerprint density at radius 2 is 2.04 bits per heavy atom. The van der Waals surface area contributed by atoms with Crippen molar-refractivity contribution in [2.45, 2.75) is 63.7 Å². The molecular weight excluding hydrogens is 325 g/mol. The van der Waals surface area contributed by atoms with E-state index in [0.717, 1.165) is 30.6 Å². The molecule has 1 aliphatic carbocycles. The van der Waals surface area contributed by atoms with Crippen LogP contribution in [0, 0.1) is 0 Å². The Morgan fingerprint density at radius 3 is 2.67 bits per heavy atom. The molecular formula is C15H23F3N4O2. The van der Waals surface area contributed by atoms with Crippen molar-refractivity contribution in [1.29, 1.82) is 0 Å². The molecule has 2 rings (SSSR count). The summed E-state index contributed by atoms with van der Waals surface area (Å²) in [6.45, 7) is 0.471. The zero-order valence-electron chi connectivity index (χ0n) is 13.9. The van der Waals surface area contributed by atoms with Crippen molar-refractivity contribution < 1.29 is 22.5 Å². The van der Waals surface area contributed by atoms with E-state index in [1.807, 2.05) is 0 Å². The fraction of sp³-hybridized carbons (Fsp3) is 0.800. The number of alkyl halides is 3. The third-order valence-corrected chi connectivity index (χ3v) is 4.22. The summed E-state index contributed by atoms with van der Waals surface area (Å²) < 4.78 is 42.3. The highest BCUT2D eigenvalue weighted by Crippen LogP contribution is 2.23. The highest BCUT2D eigenvalue weighted by atomic mass is 19.4. The number of amides is 1. The van der Waals surface area contributed by atoms with E-state index >= 15 is 0 Å². The maximum Gasteiger partial charge on any atom is 0.401 e. The molecule has 1 aliphatic rings. The van der Waals surface area contributed by atoms with Crippen LogP contribution >= 0.6 is 0 Å². The van der Waals surface area contributed by atoms with Gasteiger partial charge in [0.05, 0.1) is 19.0 Å². The first-order chi connectivity index (χ1) is 11.2. The Morgan fingerprint density at radius 1 is 1.38 bits per heavy atom. The molecule has 1 fully saturated rings. The van der Waals surface area contributed by atoms with Gasteiger partial charge in [-0.05, 0) is 26.8 Å². The molecule has 0 aliphatic heterocycles. The number of nitrogens with one attached hydrogen (secondary N) is 1. The van der Waals surface area contributed by atoms with Crippen LogP contribution in [-0.2, 0) is 11.2 Å². The molecule has 0 radical (unpaired) electrons. The summed E-state index contributed by atoms with van der Waals surface area (Å²) in [4.78, 5) is 17.1. The van der Waals surface area contributed by atoms with Gasteiger partial charge in [-0.2, -0.15) is 18.2 Å². The van der Waals surface area contributed by atoms with E-state index in [9.17, 15) is 18.0 Å². The molecule has 1 heterocycles. The lowest BCUT2D eigenvalue weighted by Crippen LogP contribution is -2.37. The SMILES string of the molecule is C[C@@H](c1nc(CC(=O)NC2CCCCC2)no1)N(C)CC(F)(F)F. The average molecular weight is 348 g/mol. The normalized spacial score (nSPS) is 17.9. The fourth-order valence-electron chi connectivity index (χ4n) is 2.79. The van der Waals surface area contributed by atoms with Crippen LogP contribution in [0.5, 0.6) is 0 Å². The molecule has 0 saturated heterocycles. The number of halogens is 3. The second kappa shape index (κ2) is 7.96. The summed E-state index contributed by atoms with van der Waals surface area (Å²) in [5.74, 6) is 0.0679. The van der Waals surface area contributed by atoms with Gasteiger partial charge in [-0.1, -0.05) is 24.4 Å². The zero-order valence-corrected chi connectivity index (χ0v) is 13.9. The van der Waals surface area contributed by atoms with Crippen molar-refractivity contribution in [3.8, 4) is 0 Å². The van der Waals surface area contributed by atoms with Crippen molar-refractivity contribution in [2.24, 2.45) is 0 Å². The summed E-state index contributed by atoms with van der Waals surface area (Å²) in [6.07, 6.45) is 1.04. The Balaban J connectivity index is 1.86. The molecule has 9 heteroatoms. The predicted molar refractivity (Wildman–Crippen MR) is 80.1 cm³/mol. The number of nitrogens with zero attached hydrogens (tertiary/aromatic N) is 3. The van der Waals surface area contributed by atoms with E-state index in [-0.39, 0.29) is 30.1 Å². The standard InChI is InChI=1S/C15H23F3N4O2/c1-10(22(2)9-15(16,17)18)14-20-12(21-24-14)8-13(23)19-11-6-4-3-5-7-11/h10-11H,3-9H2,1-2H3,(H,19,23)/t10-/m0/s1. The first-order valence-corrected chi connectivity index (χ1v) is 8.13. The van der Waals surface area contributed by atoms with Crippen molar-refractivity contribution in [1.82, 2.24) is 20.4 Å². The molecule has 0 spiro atoms. The van der Waals surface area contributed by atoms with Gasteiger partial charge in [-0.15, -0.1) is 0 Å². The van der Waals surface area contributed by atoms with Gasteiger partial charge in [0.25, 0.3) is 0 Å². The van der Waals surface area contributed by atoms with E-state index in [0.29, 0.717) is 0 Å². The minimum absolute atomic E-state index is 0.0320. The first kappa shape index (κ1) is 18.7. The minimum atomic E-state index is -4.30. The van der Waals surface area contributed by atoms with Gasteiger partial charge < -0.3 is 9.84 Å². The van der Waals surface area contributed by atoms with Crippen LogP contribution < -0.4 is 5.32 Å². The Bertz CT molecular complexity index is 541. The van der Waals surface area contributed by atoms with Gasteiger partial charge in [0, 0.05) is 6.04 Å². The minimum Gasteiger partial charge on any atom is -0.353 e. The van der Waals surface area contributed by atoms with Gasteiger partial charge >= 0.3 is 6.18 Å². The molecule has 136 valence electrons. The van der Waals surface area contributed by atoms with Crippen LogP contribution in [0.15, 0.2) is 4.52 Å². The first-order valence-electron chi connectivity index (χ1n) is 8.13. The third kappa shape index (κ3) is 5.77. The summed E-state index contributed by atoms with van der Waals surface area (Å²) in [5.41, 5.74) is 0. The largest absolute Gasteiger partial charge is 0.401 e. The monoisotopic (exact) mass is 348 g/mol. The number of rotatable bonds is 6. The molecule has 0 bridgehead atoms. The smallest absolute Gasteiger partial charge is 0.353 e. The molecule has 0 unspecified atom stereocenters. The fourth-order valence-corrected chi connectivity index (χ4v) is 2.79. The van der Waals surface area contributed by atoms with Crippen LogP contribution in [0.25, 0.3) is 0 Å². The molecule has 24 heavy (non-hydrogen) atoms. The summed E-state index contributed by atoms with van der Waals surface area (Å²) in [6, 6.07) is -0.497. The molecule has 1 saturated carbocycles. The average Bonchev–Trinajstić information content (AvgIpc) is 2.94. The van der Waals surface area contributed by atoms with Gasteiger partial charge in [-0.25, -0.2) is 0 Å². The van der Waals surface area contributed by atoms with Crippen molar-refractivity contribution in [2.75, 3.05) is 13.6 Å². The number of hydrogen-bond acceptors (Lipinski definition) is 5. The molecule has 6 nitrogen and oxygen atoms in total. The Labute approximate surface area is 138 Å². The van der Waals surface area contributed by atoms with E-state index in [1.165, 1.54) is 13.5 Å². The van der Waals surface area contributed by atoms with Crippen molar-refractivity contribution in [3.05, 3.63) is 11.7 Å². The topological polar surface area (TPSA) is 71.3 Å². The second-order valence-corrected chi connectivity index (χ2v) is 6.33. The van der Waals surface area contributed by atoms with Gasteiger partial charge in [-0.3, -0.25) is 9.69 Å². The molecule has 1 amide bonds. The number of carbonyl (C=O) groups excluding carboxylic acids is 1. The van der Waals surface area contributed by atoms with Crippen LogP contribution in [0.2, 0.25) is 0 Å². The predicted octanol–water partition coefficient (Wildman–Crippen LogP) is 2.62. The summed E-state index contributed by atoms with van der Waals surface area (Å²) in [5, 5.41) is 6.63. The van der Waals surface area contributed by atoms with Crippen molar-refractivity contribution >= 4 is 5.91 Å². The Hall–Kier alpha value is -1.64. The third-order valence-electron chi connectivity index (χ3n) is 4.22. The lowest BCUT2D eigenvalue weighted by molar-refractivity contribution is -0.147. The highest BCUT2D eigenvalue weighted by Gasteiger charge is 2.32. The molecule has 1 atom stereocenters.